The Kier molecular flexibility index (Phi) is 3.13. The van der Waals surface area contributed by atoms with Crippen molar-refractivity contribution in [1.29, 1.82) is 0 Å². The van der Waals surface area contributed by atoms with Crippen LogP contribution in [-0.4, -0.2) is 11.9 Å². The van der Waals surface area contributed by atoms with E-state index in [1.165, 1.54) is 6.07 Å². The molecule has 18 heavy (non-hydrogen) atoms. The third kappa shape index (κ3) is 2.68. The van der Waals surface area contributed by atoms with Crippen molar-refractivity contribution in [2.75, 3.05) is 0 Å². The molecule has 98 valence electrons. The molecule has 1 aromatic carbocycles. The number of hydrogen-bond donors (Lipinski definition) is 1. The molecular formula is C14H17F2NO. The highest BCUT2D eigenvalue weighted by atomic mass is 19.2. The van der Waals surface area contributed by atoms with Gasteiger partial charge in [-0.25, -0.2) is 8.78 Å². The first-order chi connectivity index (χ1) is 8.29. The molecule has 1 saturated carbocycles. The summed E-state index contributed by atoms with van der Waals surface area (Å²) in [4.78, 5) is 11.8. The summed E-state index contributed by atoms with van der Waals surface area (Å²) in [6, 6.07) is 3.96. The van der Waals surface area contributed by atoms with Gasteiger partial charge in [-0.3, -0.25) is 4.79 Å². The van der Waals surface area contributed by atoms with Gasteiger partial charge in [0.25, 0.3) is 0 Å². The predicted molar refractivity (Wildman–Crippen MR) is 65.1 cm³/mol. The molecule has 1 aliphatic carbocycles. The van der Waals surface area contributed by atoms with Gasteiger partial charge < -0.3 is 5.32 Å². The largest absolute Gasteiger partial charge is 0.352 e. The van der Waals surface area contributed by atoms with Gasteiger partial charge in [0.2, 0.25) is 5.91 Å². The second kappa shape index (κ2) is 4.34. The molecule has 0 aliphatic heterocycles. The van der Waals surface area contributed by atoms with Crippen molar-refractivity contribution in [3.63, 3.8) is 0 Å². The Bertz CT molecular complexity index is 479. The van der Waals surface area contributed by atoms with Gasteiger partial charge in [0, 0.05) is 17.4 Å². The highest BCUT2D eigenvalue weighted by molar-refractivity contribution is 5.82. The monoisotopic (exact) mass is 253 g/mol. The van der Waals surface area contributed by atoms with Crippen molar-refractivity contribution in [3.8, 4) is 0 Å². The Morgan fingerprint density at radius 2 is 1.94 bits per heavy atom. The van der Waals surface area contributed by atoms with Crippen LogP contribution in [-0.2, 0) is 4.79 Å². The van der Waals surface area contributed by atoms with E-state index in [-0.39, 0.29) is 17.9 Å². The molecule has 1 amide bonds. The zero-order chi connectivity index (χ0) is 13.5. The quantitative estimate of drug-likeness (QED) is 0.862. The smallest absolute Gasteiger partial charge is 0.225 e. The van der Waals surface area contributed by atoms with Gasteiger partial charge in [0.15, 0.2) is 11.6 Å². The first kappa shape index (κ1) is 13.0. The number of amides is 1. The highest BCUT2D eigenvalue weighted by Crippen LogP contribution is 2.41. The third-order valence-corrected chi connectivity index (χ3v) is 3.16. The molecule has 1 aromatic rings. The molecule has 0 radical (unpaired) electrons. The topological polar surface area (TPSA) is 29.1 Å². The van der Waals surface area contributed by atoms with E-state index in [0.29, 0.717) is 0 Å². The fourth-order valence-corrected chi connectivity index (χ4v) is 1.85. The first-order valence-electron chi connectivity index (χ1n) is 6.05. The van der Waals surface area contributed by atoms with Gasteiger partial charge in [-0.2, -0.15) is 0 Å². The lowest BCUT2D eigenvalue weighted by molar-refractivity contribution is -0.128. The van der Waals surface area contributed by atoms with Gasteiger partial charge in [0.1, 0.15) is 0 Å². The molecule has 2 rings (SSSR count). The number of hydrogen-bond acceptors (Lipinski definition) is 1. The molecule has 0 spiro atoms. The Morgan fingerprint density at radius 3 is 2.50 bits per heavy atom. The molecule has 0 saturated heterocycles. The van der Waals surface area contributed by atoms with Crippen molar-refractivity contribution in [3.05, 3.63) is 35.4 Å². The number of carbonyl (C=O) groups excluding carboxylic acids is 1. The van der Waals surface area contributed by atoms with Gasteiger partial charge in [-0.1, -0.05) is 26.8 Å². The second-order valence-corrected chi connectivity index (χ2v) is 5.85. The fraction of sp³-hybridized carbons (Fsp3) is 0.500. The highest BCUT2D eigenvalue weighted by Gasteiger charge is 2.41. The van der Waals surface area contributed by atoms with E-state index in [9.17, 15) is 13.6 Å². The molecule has 2 atom stereocenters. The van der Waals surface area contributed by atoms with Crippen LogP contribution < -0.4 is 5.32 Å². The molecule has 0 aromatic heterocycles. The molecular weight excluding hydrogens is 236 g/mol. The van der Waals surface area contributed by atoms with Crippen LogP contribution in [0, 0.1) is 17.0 Å². The molecule has 0 heterocycles. The summed E-state index contributed by atoms with van der Waals surface area (Å²) >= 11 is 0. The summed E-state index contributed by atoms with van der Waals surface area (Å²) in [5.41, 5.74) is 0.314. The van der Waals surface area contributed by atoms with Crippen molar-refractivity contribution in [2.45, 2.75) is 39.2 Å². The number of benzene rings is 1. The van der Waals surface area contributed by atoms with E-state index >= 15 is 0 Å². The maximum absolute atomic E-state index is 13.1. The molecule has 2 unspecified atom stereocenters. The average molecular weight is 253 g/mol. The van der Waals surface area contributed by atoms with Gasteiger partial charge in [0.05, 0.1) is 0 Å². The van der Waals surface area contributed by atoms with Crippen LogP contribution in [0.25, 0.3) is 0 Å². The zero-order valence-electron chi connectivity index (χ0n) is 10.8. The van der Waals surface area contributed by atoms with E-state index in [0.717, 1.165) is 18.1 Å². The minimum Gasteiger partial charge on any atom is -0.352 e. The maximum atomic E-state index is 13.1. The maximum Gasteiger partial charge on any atom is 0.225 e. The van der Waals surface area contributed by atoms with Crippen LogP contribution in [0.3, 0.4) is 0 Å². The van der Waals surface area contributed by atoms with E-state index in [2.05, 4.69) is 5.32 Å². The van der Waals surface area contributed by atoms with Crippen LogP contribution in [0.15, 0.2) is 18.2 Å². The zero-order valence-corrected chi connectivity index (χ0v) is 10.8. The lowest BCUT2D eigenvalue weighted by Crippen LogP contribution is -2.36. The van der Waals surface area contributed by atoms with Crippen molar-refractivity contribution in [1.82, 2.24) is 5.32 Å². The molecule has 1 fully saturated rings. The van der Waals surface area contributed by atoms with Crippen molar-refractivity contribution in [2.24, 2.45) is 5.41 Å². The Hall–Kier alpha value is -1.45. The van der Waals surface area contributed by atoms with E-state index < -0.39 is 17.0 Å². The van der Waals surface area contributed by atoms with E-state index in [1.54, 1.807) is 6.07 Å². The van der Waals surface area contributed by atoms with Crippen LogP contribution >= 0.6 is 0 Å². The second-order valence-electron chi connectivity index (χ2n) is 5.85. The Balaban J connectivity index is 1.99. The van der Waals surface area contributed by atoms with E-state index in [4.69, 9.17) is 0 Å². The third-order valence-electron chi connectivity index (χ3n) is 3.16. The van der Waals surface area contributed by atoms with Crippen molar-refractivity contribution >= 4 is 5.91 Å². The van der Waals surface area contributed by atoms with Gasteiger partial charge in [-0.15, -0.1) is 0 Å². The van der Waals surface area contributed by atoms with Crippen LogP contribution in [0.1, 0.15) is 38.7 Å². The van der Waals surface area contributed by atoms with Gasteiger partial charge in [-0.05, 0) is 24.1 Å². The van der Waals surface area contributed by atoms with Crippen molar-refractivity contribution < 1.29 is 13.6 Å². The number of halogens is 2. The minimum atomic E-state index is -0.838. The summed E-state index contributed by atoms with van der Waals surface area (Å²) in [5, 5.41) is 2.92. The number of carbonyl (C=O) groups is 1. The summed E-state index contributed by atoms with van der Waals surface area (Å²) in [7, 11) is 0. The summed E-state index contributed by atoms with van der Waals surface area (Å²) in [5.74, 6) is -1.58. The van der Waals surface area contributed by atoms with Crippen LogP contribution in [0.2, 0.25) is 0 Å². The summed E-state index contributed by atoms with van der Waals surface area (Å²) < 4.78 is 25.9. The standard InChI is InChI=1S/C14H17F2NO/c1-14(2,3)13(18)17-12-7-9(12)8-4-5-10(15)11(16)6-8/h4-6,9,12H,7H2,1-3H3,(H,17,18). The molecule has 1 aliphatic rings. The Labute approximate surface area is 105 Å². The lowest BCUT2D eigenvalue weighted by atomic mass is 9.95. The minimum absolute atomic E-state index is 0.0161. The van der Waals surface area contributed by atoms with Crippen LogP contribution in [0.4, 0.5) is 8.78 Å². The lowest BCUT2D eigenvalue weighted by Gasteiger charge is -2.17. The molecule has 1 N–H and O–H groups in total. The number of rotatable bonds is 2. The molecule has 4 heteroatoms. The molecule has 0 bridgehead atoms. The summed E-state index contributed by atoms with van der Waals surface area (Å²) in [6.45, 7) is 5.53. The first-order valence-corrected chi connectivity index (χ1v) is 6.05. The SMILES string of the molecule is CC(C)(C)C(=O)NC1CC1c1ccc(F)c(F)c1. The Morgan fingerprint density at radius 1 is 1.28 bits per heavy atom. The average Bonchev–Trinajstić information content (AvgIpc) is 3.00. The fourth-order valence-electron chi connectivity index (χ4n) is 1.85. The summed E-state index contributed by atoms with van der Waals surface area (Å²) in [6.07, 6.45) is 0.785. The van der Waals surface area contributed by atoms with E-state index in [1.807, 2.05) is 20.8 Å². The normalized spacial score (nSPS) is 22.7. The number of nitrogens with one attached hydrogen (secondary N) is 1. The molecule has 2 nitrogen and oxygen atoms in total. The predicted octanol–water partition coefficient (Wildman–Crippen LogP) is 2.98. The van der Waals surface area contributed by atoms with Gasteiger partial charge >= 0.3 is 0 Å². The van der Waals surface area contributed by atoms with Crippen LogP contribution in [0.5, 0.6) is 0 Å².